The van der Waals surface area contributed by atoms with Gasteiger partial charge in [-0.2, -0.15) is 0 Å². The van der Waals surface area contributed by atoms with Gasteiger partial charge in [0, 0.05) is 28.8 Å². The standard InChI is InChI=1S/C36H54N2O2/c1-22(2)8-7-9-23(3)28-11-12-29-27-10-13-32-35(5,30(27)14-16-34(28,29)4)17-15-33(40)36(32,6)21-31(39)24-18-25(37)20-26(38)19-24/h8,13,18-20,23,27-30,33,40H,7,9-12,14-17,21,37-38H2,1-6H3. The number of nitrogens with two attached hydrogens (primary N) is 2. The minimum atomic E-state index is -0.563. The third-order valence-corrected chi connectivity index (χ3v) is 12.5. The molecule has 1 aromatic carbocycles. The monoisotopic (exact) mass is 546 g/mol. The zero-order valence-electron chi connectivity index (χ0n) is 25.9. The zero-order chi connectivity index (χ0) is 29.0. The summed E-state index contributed by atoms with van der Waals surface area (Å²) in [6.45, 7) is 14.2. The Morgan fingerprint density at radius 1 is 1.02 bits per heavy atom. The summed E-state index contributed by atoms with van der Waals surface area (Å²) in [5.74, 6) is 3.75. The Morgan fingerprint density at radius 3 is 2.40 bits per heavy atom. The summed E-state index contributed by atoms with van der Waals surface area (Å²) in [7, 11) is 0. The lowest BCUT2D eigenvalue weighted by atomic mass is 9.43. The van der Waals surface area contributed by atoms with Crippen molar-refractivity contribution in [3.8, 4) is 0 Å². The molecule has 0 amide bonds. The van der Waals surface area contributed by atoms with Crippen LogP contribution in [0.3, 0.4) is 0 Å². The van der Waals surface area contributed by atoms with Gasteiger partial charge in [-0.15, -0.1) is 0 Å². The number of carbonyl (C=O) groups excluding carboxylic acids is 1. The van der Waals surface area contributed by atoms with Gasteiger partial charge in [0.15, 0.2) is 5.78 Å². The number of anilines is 2. The maximum atomic E-state index is 13.6. The number of hydrogen-bond donors (Lipinski definition) is 3. The minimum Gasteiger partial charge on any atom is -0.399 e. The van der Waals surface area contributed by atoms with Gasteiger partial charge >= 0.3 is 0 Å². The van der Waals surface area contributed by atoms with E-state index in [1.165, 1.54) is 49.7 Å². The Bertz CT molecular complexity index is 1180. The summed E-state index contributed by atoms with van der Waals surface area (Å²) < 4.78 is 0. The summed E-state index contributed by atoms with van der Waals surface area (Å²) >= 11 is 0. The van der Waals surface area contributed by atoms with Crippen LogP contribution in [0.1, 0.15) is 116 Å². The van der Waals surface area contributed by atoms with E-state index in [1.807, 2.05) is 0 Å². The van der Waals surface area contributed by atoms with Crippen molar-refractivity contribution in [2.24, 2.45) is 45.8 Å². The minimum absolute atomic E-state index is 0.0183. The van der Waals surface area contributed by atoms with Gasteiger partial charge in [-0.1, -0.05) is 51.0 Å². The van der Waals surface area contributed by atoms with Crippen LogP contribution in [0, 0.1) is 45.8 Å². The second kappa shape index (κ2) is 10.6. The van der Waals surface area contributed by atoms with Crippen molar-refractivity contribution in [1.82, 2.24) is 0 Å². The molecule has 4 nitrogen and oxygen atoms in total. The van der Waals surface area contributed by atoms with Crippen LogP contribution in [0.2, 0.25) is 0 Å². The molecule has 4 aliphatic carbocycles. The molecule has 9 atom stereocenters. The zero-order valence-corrected chi connectivity index (χ0v) is 25.9. The molecule has 0 spiro atoms. The fourth-order valence-corrected chi connectivity index (χ4v) is 10.5. The molecule has 3 fully saturated rings. The average Bonchev–Trinajstić information content (AvgIpc) is 3.23. The van der Waals surface area contributed by atoms with Crippen molar-refractivity contribution in [2.75, 3.05) is 11.5 Å². The van der Waals surface area contributed by atoms with Crippen LogP contribution in [-0.2, 0) is 0 Å². The van der Waals surface area contributed by atoms with E-state index < -0.39 is 11.5 Å². The average molecular weight is 547 g/mol. The van der Waals surface area contributed by atoms with E-state index in [0.29, 0.717) is 40.6 Å². The summed E-state index contributed by atoms with van der Waals surface area (Å²) in [5, 5.41) is 11.4. The first-order valence-electron chi connectivity index (χ1n) is 16.0. The molecule has 0 saturated heterocycles. The number of nitrogen functional groups attached to an aromatic ring is 2. The highest BCUT2D eigenvalue weighted by atomic mass is 16.3. The Morgan fingerprint density at radius 2 is 1.73 bits per heavy atom. The van der Waals surface area contributed by atoms with Crippen LogP contribution in [0.15, 0.2) is 41.5 Å². The summed E-state index contributed by atoms with van der Waals surface area (Å²) in [6, 6.07) is 5.13. The Balaban J connectivity index is 1.39. The number of fused-ring (bicyclic) bond motifs is 5. The van der Waals surface area contributed by atoms with Gasteiger partial charge in [0.05, 0.1) is 6.10 Å². The van der Waals surface area contributed by atoms with E-state index in [1.54, 1.807) is 18.2 Å². The van der Waals surface area contributed by atoms with Gasteiger partial charge in [-0.25, -0.2) is 0 Å². The van der Waals surface area contributed by atoms with E-state index in [9.17, 15) is 9.90 Å². The molecule has 4 aliphatic rings. The first-order valence-corrected chi connectivity index (χ1v) is 16.0. The normalized spacial score (nSPS) is 39.4. The molecule has 0 aromatic heterocycles. The molecule has 5 rings (SSSR count). The Kier molecular flexibility index (Phi) is 7.83. The number of carbonyl (C=O) groups is 1. The van der Waals surface area contributed by atoms with E-state index in [-0.39, 0.29) is 11.2 Å². The summed E-state index contributed by atoms with van der Waals surface area (Å²) in [6.07, 6.45) is 15.4. The van der Waals surface area contributed by atoms with E-state index in [4.69, 9.17) is 11.5 Å². The number of ketones is 1. The van der Waals surface area contributed by atoms with Crippen molar-refractivity contribution in [3.63, 3.8) is 0 Å². The van der Waals surface area contributed by atoms with Gasteiger partial charge in [0.2, 0.25) is 0 Å². The molecule has 1 aromatic rings. The molecule has 9 unspecified atom stereocenters. The lowest BCUT2D eigenvalue weighted by Gasteiger charge is -2.61. The highest BCUT2D eigenvalue weighted by molar-refractivity contribution is 5.98. The number of rotatable bonds is 7. The maximum Gasteiger partial charge on any atom is 0.163 e. The van der Waals surface area contributed by atoms with Crippen LogP contribution in [0.4, 0.5) is 11.4 Å². The summed E-state index contributed by atoms with van der Waals surface area (Å²) in [5.41, 5.74) is 16.3. The molecular formula is C36H54N2O2. The third kappa shape index (κ3) is 4.86. The molecule has 4 heteroatoms. The molecule has 0 heterocycles. The Labute approximate surface area is 243 Å². The van der Waals surface area contributed by atoms with Gasteiger partial charge < -0.3 is 16.6 Å². The smallest absolute Gasteiger partial charge is 0.163 e. The molecule has 5 N–H and O–H groups in total. The van der Waals surface area contributed by atoms with Crippen LogP contribution in [-0.4, -0.2) is 17.0 Å². The summed E-state index contributed by atoms with van der Waals surface area (Å²) in [4.78, 5) is 13.6. The Hall–Kier alpha value is -2.07. The molecule has 0 aliphatic heterocycles. The molecule has 0 radical (unpaired) electrons. The van der Waals surface area contributed by atoms with Crippen LogP contribution < -0.4 is 11.5 Å². The SMILES string of the molecule is CC(C)=CCCC(C)C1CCC2C3CC=C4C(C)(CC(=O)c5cc(N)cc(N)c5)C(O)CCC4(C)C3CCC12C. The predicted molar refractivity (Wildman–Crippen MR) is 167 cm³/mol. The number of Topliss-reactive ketones (excluding diaryl/α,β-unsaturated/α-hetero) is 1. The predicted octanol–water partition coefficient (Wildman–Crippen LogP) is 8.36. The van der Waals surface area contributed by atoms with E-state index in [2.05, 4.69) is 53.7 Å². The first kappa shape index (κ1) is 29.4. The lowest BCUT2D eigenvalue weighted by Crippen LogP contribution is -2.55. The molecule has 3 saturated carbocycles. The number of hydrogen-bond acceptors (Lipinski definition) is 4. The lowest BCUT2D eigenvalue weighted by molar-refractivity contribution is -0.0812. The van der Waals surface area contributed by atoms with Crippen molar-refractivity contribution < 1.29 is 9.90 Å². The largest absolute Gasteiger partial charge is 0.399 e. The van der Waals surface area contributed by atoms with Crippen molar-refractivity contribution >= 4 is 17.2 Å². The molecule has 0 bridgehead atoms. The second-order valence-corrected chi connectivity index (χ2v) is 15.2. The number of aliphatic hydroxyl groups excluding tert-OH is 1. The van der Waals surface area contributed by atoms with E-state index >= 15 is 0 Å². The van der Waals surface area contributed by atoms with E-state index in [0.717, 1.165) is 37.0 Å². The van der Waals surface area contributed by atoms with Crippen molar-refractivity contribution in [3.05, 3.63) is 47.1 Å². The van der Waals surface area contributed by atoms with Crippen LogP contribution in [0.5, 0.6) is 0 Å². The molecule has 40 heavy (non-hydrogen) atoms. The second-order valence-electron chi connectivity index (χ2n) is 15.2. The topological polar surface area (TPSA) is 89.3 Å². The van der Waals surface area contributed by atoms with Gasteiger partial charge in [-0.3, -0.25) is 4.79 Å². The fraction of sp³-hybridized carbons (Fsp3) is 0.694. The molecule has 220 valence electrons. The number of aliphatic hydroxyl groups is 1. The quantitative estimate of drug-likeness (QED) is 0.182. The third-order valence-electron chi connectivity index (χ3n) is 12.5. The molecular weight excluding hydrogens is 492 g/mol. The van der Waals surface area contributed by atoms with Gasteiger partial charge in [0.25, 0.3) is 0 Å². The van der Waals surface area contributed by atoms with Crippen molar-refractivity contribution in [1.29, 1.82) is 0 Å². The number of benzene rings is 1. The van der Waals surface area contributed by atoms with Gasteiger partial charge in [-0.05, 0) is 130 Å². The number of allylic oxidation sites excluding steroid dienone is 3. The first-order chi connectivity index (χ1) is 18.8. The van der Waals surface area contributed by atoms with Gasteiger partial charge in [0.1, 0.15) is 0 Å². The highest BCUT2D eigenvalue weighted by Gasteiger charge is 2.62. The highest BCUT2D eigenvalue weighted by Crippen LogP contribution is 2.69. The van der Waals surface area contributed by atoms with Crippen LogP contribution >= 0.6 is 0 Å². The van der Waals surface area contributed by atoms with Crippen molar-refractivity contribution in [2.45, 2.75) is 112 Å². The van der Waals surface area contributed by atoms with Crippen LogP contribution in [0.25, 0.3) is 0 Å². The fourth-order valence-electron chi connectivity index (χ4n) is 10.5. The maximum absolute atomic E-state index is 13.6.